The lowest BCUT2D eigenvalue weighted by molar-refractivity contribution is -0.129. The van der Waals surface area contributed by atoms with E-state index < -0.39 is 17.7 Å². The zero-order valence-electron chi connectivity index (χ0n) is 16.2. The molecule has 8 heteroatoms. The first-order valence-corrected chi connectivity index (χ1v) is 9.36. The summed E-state index contributed by atoms with van der Waals surface area (Å²) < 4.78 is 10.5. The third-order valence-corrected chi connectivity index (χ3v) is 5.18. The SMILES string of the molecule is COc1cc([C@H]2C(C(C)=O)=C(O)C(=O)N2CCCN2CCOCC2)ccc1O. The maximum atomic E-state index is 12.7. The van der Waals surface area contributed by atoms with Crippen molar-refractivity contribution in [1.82, 2.24) is 9.80 Å². The molecule has 8 nitrogen and oxygen atoms in total. The number of carbonyl (C=O) groups is 2. The number of hydrogen-bond acceptors (Lipinski definition) is 7. The Morgan fingerprint density at radius 2 is 1.96 bits per heavy atom. The van der Waals surface area contributed by atoms with Gasteiger partial charge in [-0.3, -0.25) is 14.5 Å². The average Bonchev–Trinajstić information content (AvgIpc) is 2.94. The number of morpholine rings is 1. The van der Waals surface area contributed by atoms with E-state index in [2.05, 4.69) is 4.90 Å². The quantitative estimate of drug-likeness (QED) is 0.726. The first-order valence-electron chi connectivity index (χ1n) is 9.36. The average molecular weight is 390 g/mol. The van der Waals surface area contributed by atoms with Crippen molar-refractivity contribution in [3.63, 3.8) is 0 Å². The standard InChI is InChI=1S/C20H26N2O6/c1-13(23)17-18(14-4-5-15(24)16(12-14)27-2)22(20(26)19(17)25)7-3-6-21-8-10-28-11-9-21/h4-5,12,18,24-25H,3,6-11H2,1-2H3/t18-/m0/s1. The fraction of sp³-hybridized carbons (Fsp3) is 0.500. The highest BCUT2D eigenvalue weighted by Gasteiger charge is 2.42. The predicted octanol–water partition coefficient (Wildman–Crippen LogP) is 1.41. The van der Waals surface area contributed by atoms with Crippen LogP contribution in [0.15, 0.2) is 29.5 Å². The van der Waals surface area contributed by atoms with Gasteiger partial charge in [0.05, 0.1) is 31.9 Å². The molecule has 152 valence electrons. The van der Waals surface area contributed by atoms with Crippen LogP contribution in [0.25, 0.3) is 0 Å². The van der Waals surface area contributed by atoms with Gasteiger partial charge in [0.25, 0.3) is 5.91 Å². The molecular weight excluding hydrogens is 364 g/mol. The zero-order valence-corrected chi connectivity index (χ0v) is 16.2. The molecule has 1 fully saturated rings. The molecule has 2 heterocycles. The van der Waals surface area contributed by atoms with Crippen LogP contribution in [-0.4, -0.2) is 78.2 Å². The van der Waals surface area contributed by atoms with Gasteiger partial charge in [-0.1, -0.05) is 6.07 Å². The van der Waals surface area contributed by atoms with Crippen LogP contribution in [0, 0.1) is 0 Å². The zero-order chi connectivity index (χ0) is 20.3. The van der Waals surface area contributed by atoms with E-state index in [-0.39, 0.29) is 22.9 Å². The summed E-state index contributed by atoms with van der Waals surface area (Å²) in [6.07, 6.45) is 0.704. The third kappa shape index (κ3) is 3.98. The minimum absolute atomic E-state index is 0.0352. The molecule has 0 saturated carbocycles. The fourth-order valence-corrected chi connectivity index (χ4v) is 3.74. The van der Waals surface area contributed by atoms with Gasteiger partial charge in [0.1, 0.15) is 0 Å². The van der Waals surface area contributed by atoms with Crippen LogP contribution < -0.4 is 4.74 Å². The van der Waals surface area contributed by atoms with Gasteiger partial charge in [0.2, 0.25) is 0 Å². The van der Waals surface area contributed by atoms with Crippen LogP contribution in [0.5, 0.6) is 11.5 Å². The Morgan fingerprint density at radius 1 is 1.25 bits per heavy atom. The van der Waals surface area contributed by atoms with Gasteiger partial charge in [0.15, 0.2) is 23.0 Å². The van der Waals surface area contributed by atoms with Crippen LogP contribution in [0.1, 0.15) is 24.9 Å². The van der Waals surface area contributed by atoms with Crippen LogP contribution in [0.4, 0.5) is 0 Å². The molecule has 0 bridgehead atoms. The summed E-state index contributed by atoms with van der Waals surface area (Å²) in [4.78, 5) is 28.6. The molecule has 0 aromatic heterocycles. The van der Waals surface area contributed by atoms with Crippen LogP contribution >= 0.6 is 0 Å². The Kier molecular flexibility index (Phi) is 6.21. The number of phenolic OH excluding ortho intramolecular Hbond substituents is 1. The number of ketones is 1. The molecule has 2 aliphatic rings. The largest absolute Gasteiger partial charge is 0.504 e. The van der Waals surface area contributed by atoms with E-state index in [1.165, 1.54) is 25.0 Å². The van der Waals surface area contributed by atoms with E-state index >= 15 is 0 Å². The number of benzene rings is 1. The third-order valence-electron chi connectivity index (χ3n) is 5.18. The summed E-state index contributed by atoms with van der Waals surface area (Å²) in [6, 6.07) is 3.97. The highest BCUT2D eigenvalue weighted by molar-refractivity contribution is 6.08. The lowest BCUT2D eigenvalue weighted by Crippen LogP contribution is -2.39. The predicted molar refractivity (Wildman–Crippen MR) is 101 cm³/mol. The van der Waals surface area contributed by atoms with Gasteiger partial charge >= 0.3 is 0 Å². The Balaban J connectivity index is 1.83. The second kappa shape index (κ2) is 8.62. The van der Waals surface area contributed by atoms with E-state index in [4.69, 9.17) is 9.47 Å². The number of phenols is 1. The van der Waals surface area contributed by atoms with Crippen molar-refractivity contribution in [2.45, 2.75) is 19.4 Å². The number of aliphatic hydroxyl groups excluding tert-OH is 1. The fourth-order valence-electron chi connectivity index (χ4n) is 3.74. The number of methoxy groups -OCH3 is 1. The molecule has 1 atom stereocenters. The van der Waals surface area contributed by atoms with Crippen LogP contribution in [-0.2, 0) is 14.3 Å². The molecule has 28 heavy (non-hydrogen) atoms. The van der Waals surface area contributed by atoms with E-state index in [0.29, 0.717) is 31.7 Å². The van der Waals surface area contributed by atoms with Gasteiger partial charge in [-0.25, -0.2) is 0 Å². The van der Waals surface area contributed by atoms with Gasteiger partial charge in [-0.15, -0.1) is 0 Å². The van der Waals surface area contributed by atoms with Crippen molar-refractivity contribution < 1.29 is 29.3 Å². The number of Topliss-reactive ketones (excluding diaryl/α,β-unsaturated/α-hetero) is 1. The molecule has 0 spiro atoms. The smallest absolute Gasteiger partial charge is 0.290 e. The van der Waals surface area contributed by atoms with Crippen LogP contribution in [0.2, 0.25) is 0 Å². The second-order valence-electron chi connectivity index (χ2n) is 6.96. The van der Waals surface area contributed by atoms with Gasteiger partial charge in [-0.05, 0) is 31.0 Å². The number of rotatable bonds is 7. The van der Waals surface area contributed by atoms with Crippen molar-refractivity contribution in [3.05, 3.63) is 35.1 Å². The van der Waals surface area contributed by atoms with Crippen molar-refractivity contribution in [2.75, 3.05) is 46.5 Å². The van der Waals surface area contributed by atoms with E-state index in [0.717, 1.165) is 19.6 Å². The lowest BCUT2D eigenvalue weighted by atomic mass is 9.96. The first kappa shape index (κ1) is 20.2. The lowest BCUT2D eigenvalue weighted by Gasteiger charge is -2.30. The first-order chi connectivity index (χ1) is 13.4. The summed E-state index contributed by atoms with van der Waals surface area (Å²) in [5.74, 6) is -1.21. The van der Waals surface area contributed by atoms with Crippen molar-refractivity contribution in [1.29, 1.82) is 0 Å². The molecule has 3 rings (SSSR count). The number of aromatic hydroxyl groups is 1. The number of nitrogens with zero attached hydrogens (tertiary/aromatic N) is 2. The number of amides is 1. The molecule has 0 unspecified atom stereocenters. The summed E-state index contributed by atoms with van der Waals surface area (Å²) in [5.41, 5.74) is 0.674. The van der Waals surface area contributed by atoms with E-state index in [9.17, 15) is 19.8 Å². The number of carbonyl (C=O) groups excluding carboxylic acids is 2. The number of ether oxygens (including phenoxy) is 2. The molecule has 0 aliphatic carbocycles. The summed E-state index contributed by atoms with van der Waals surface area (Å²) in [7, 11) is 1.43. The molecular formula is C20H26N2O6. The van der Waals surface area contributed by atoms with Crippen molar-refractivity contribution >= 4 is 11.7 Å². The minimum Gasteiger partial charge on any atom is -0.504 e. The molecule has 1 aromatic carbocycles. The van der Waals surface area contributed by atoms with Crippen LogP contribution in [0.3, 0.4) is 0 Å². The van der Waals surface area contributed by atoms with Gasteiger partial charge in [-0.2, -0.15) is 0 Å². The topological polar surface area (TPSA) is 99.5 Å². The van der Waals surface area contributed by atoms with E-state index in [1.54, 1.807) is 12.1 Å². The number of hydrogen-bond donors (Lipinski definition) is 2. The normalized spacial score (nSPS) is 20.7. The van der Waals surface area contributed by atoms with Gasteiger partial charge in [0, 0.05) is 26.2 Å². The van der Waals surface area contributed by atoms with Crippen molar-refractivity contribution in [2.24, 2.45) is 0 Å². The maximum absolute atomic E-state index is 12.7. The molecule has 1 amide bonds. The second-order valence-corrected chi connectivity index (χ2v) is 6.96. The van der Waals surface area contributed by atoms with Gasteiger partial charge < -0.3 is 24.6 Å². The highest BCUT2D eigenvalue weighted by atomic mass is 16.5. The Labute approximate surface area is 163 Å². The molecule has 2 aliphatic heterocycles. The monoisotopic (exact) mass is 390 g/mol. The highest BCUT2D eigenvalue weighted by Crippen LogP contribution is 2.40. The minimum atomic E-state index is -0.704. The molecule has 2 N–H and O–H groups in total. The Morgan fingerprint density at radius 3 is 2.61 bits per heavy atom. The summed E-state index contributed by atoms with van der Waals surface area (Å²) in [6.45, 7) is 5.65. The Hall–Kier alpha value is -2.58. The molecule has 0 radical (unpaired) electrons. The summed E-state index contributed by atoms with van der Waals surface area (Å²) >= 11 is 0. The maximum Gasteiger partial charge on any atom is 0.290 e. The summed E-state index contributed by atoms with van der Waals surface area (Å²) in [5, 5.41) is 20.2. The number of aliphatic hydroxyl groups is 1. The molecule has 1 saturated heterocycles. The van der Waals surface area contributed by atoms with Crippen molar-refractivity contribution in [3.8, 4) is 11.5 Å². The Bertz CT molecular complexity index is 785. The molecule has 1 aromatic rings. The van der Waals surface area contributed by atoms with E-state index in [1.807, 2.05) is 0 Å².